The minimum absolute atomic E-state index is 0.0637. The molecule has 3 aromatic rings. The third-order valence-electron chi connectivity index (χ3n) is 5.72. The molecule has 1 N–H and O–H groups in total. The highest BCUT2D eigenvalue weighted by atomic mass is 32.2. The number of aromatic nitrogens is 2. The maximum absolute atomic E-state index is 13.4. The normalized spacial score (nSPS) is 19.8. The zero-order valence-corrected chi connectivity index (χ0v) is 18.4. The van der Waals surface area contributed by atoms with Gasteiger partial charge in [0.15, 0.2) is 5.03 Å². The molecule has 0 amide bonds. The van der Waals surface area contributed by atoms with Crippen LogP contribution in [-0.4, -0.2) is 41.4 Å². The Morgan fingerprint density at radius 1 is 1.06 bits per heavy atom. The van der Waals surface area contributed by atoms with E-state index in [4.69, 9.17) is 0 Å². The van der Waals surface area contributed by atoms with Crippen LogP contribution in [0, 0.1) is 5.82 Å². The average Bonchev–Trinajstić information content (AvgIpc) is 3.40. The van der Waals surface area contributed by atoms with Crippen LogP contribution in [-0.2, 0) is 29.8 Å². The van der Waals surface area contributed by atoms with Gasteiger partial charge in [0.1, 0.15) is 5.82 Å². The minimum Gasteiger partial charge on any atom is -0.339 e. The Labute approximate surface area is 188 Å². The second kappa shape index (κ2) is 8.88. The predicted molar refractivity (Wildman–Crippen MR) is 113 cm³/mol. The number of nitrogens with one attached hydrogen (secondary N) is 1. The molecule has 6 nitrogen and oxygen atoms in total. The molecule has 4 rings (SSSR count). The van der Waals surface area contributed by atoms with Crippen molar-refractivity contribution >= 4 is 10.0 Å². The first-order valence-electron chi connectivity index (χ1n) is 10.2. The van der Waals surface area contributed by atoms with Gasteiger partial charge in [-0.15, -0.1) is 0 Å². The highest BCUT2D eigenvalue weighted by Crippen LogP contribution is 2.32. The Morgan fingerprint density at radius 2 is 1.73 bits per heavy atom. The Morgan fingerprint density at radius 3 is 2.30 bits per heavy atom. The molecule has 0 bridgehead atoms. The van der Waals surface area contributed by atoms with Crippen LogP contribution in [0.1, 0.15) is 22.6 Å². The van der Waals surface area contributed by atoms with Gasteiger partial charge in [0.05, 0.1) is 11.9 Å². The first kappa shape index (κ1) is 23.4. The van der Waals surface area contributed by atoms with E-state index in [1.165, 1.54) is 41.1 Å². The van der Waals surface area contributed by atoms with Crippen LogP contribution in [0.2, 0.25) is 0 Å². The molecule has 11 heteroatoms. The molecule has 1 aliphatic heterocycles. The van der Waals surface area contributed by atoms with Crippen molar-refractivity contribution in [1.29, 1.82) is 0 Å². The Kier molecular flexibility index (Phi) is 6.30. The fourth-order valence-corrected chi connectivity index (χ4v) is 5.39. The van der Waals surface area contributed by atoms with Gasteiger partial charge in [-0.25, -0.2) is 17.8 Å². The predicted octanol–water partition coefficient (Wildman–Crippen LogP) is 3.52. The topological polar surface area (TPSA) is 67.2 Å². The molecule has 0 aliphatic carbocycles. The summed E-state index contributed by atoms with van der Waals surface area (Å²) in [6, 6.07) is 10.3. The van der Waals surface area contributed by atoms with Crippen molar-refractivity contribution in [2.45, 2.75) is 29.7 Å². The van der Waals surface area contributed by atoms with Crippen molar-refractivity contribution in [2.75, 3.05) is 13.1 Å². The van der Waals surface area contributed by atoms with Gasteiger partial charge in [-0.05, 0) is 35.4 Å². The number of nitrogens with zero attached hydrogens (tertiary/aromatic N) is 3. The molecule has 2 unspecified atom stereocenters. The highest BCUT2D eigenvalue weighted by Gasteiger charge is 2.40. The molecule has 0 saturated carbocycles. The molecule has 2 heterocycles. The maximum atomic E-state index is 13.4. The fourth-order valence-electron chi connectivity index (χ4n) is 3.93. The summed E-state index contributed by atoms with van der Waals surface area (Å²) in [6.07, 6.45) is -1.59. The molecule has 2 aromatic carbocycles. The van der Waals surface area contributed by atoms with Gasteiger partial charge < -0.3 is 9.88 Å². The molecule has 176 valence electrons. The standard InChI is InChI=1S/C22H22F4N4O2S/c1-29-13-21(28-14-29)33(31,32)30-11-19(16-4-8-18(23)9-5-16)20(12-30)27-10-15-2-6-17(7-3-15)22(24,25)26/h2-9,13-14,19-20,27H,10-12H2,1H3. The number of halogens is 4. The van der Waals surface area contributed by atoms with Gasteiger partial charge in [-0.2, -0.15) is 17.5 Å². The van der Waals surface area contributed by atoms with Gasteiger partial charge in [0, 0.05) is 44.8 Å². The summed E-state index contributed by atoms with van der Waals surface area (Å²) in [5, 5.41) is 3.21. The molecule has 33 heavy (non-hydrogen) atoms. The van der Waals surface area contributed by atoms with E-state index in [9.17, 15) is 26.0 Å². The van der Waals surface area contributed by atoms with Crippen molar-refractivity contribution in [3.63, 3.8) is 0 Å². The lowest BCUT2D eigenvalue weighted by Gasteiger charge is -2.20. The lowest BCUT2D eigenvalue weighted by Crippen LogP contribution is -2.36. The molecular weight excluding hydrogens is 460 g/mol. The molecule has 1 fully saturated rings. The van der Waals surface area contributed by atoms with E-state index in [-0.39, 0.29) is 36.6 Å². The van der Waals surface area contributed by atoms with Crippen LogP contribution < -0.4 is 5.32 Å². The highest BCUT2D eigenvalue weighted by molar-refractivity contribution is 7.89. The van der Waals surface area contributed by atoms with E-state index in [1.807, 2.05) is 0 Å². The van der Waals surface area contributed by atoms with Gasteiger partial charge in [0.25, 0.3) is 10.0 Å². The summed E-state index contributed by atoms with van der Waals surface area (Å²) in [4.78, 5) is 3.96. The molecule has 1 saturated heterocycles. The van der Waals surface area contributed by atoms with Crippen molar-refractivity contribution in [1.82, 2.24) is 19.2 Å². The number of hydrogen-bond acceptors (Lipinski definition) is 4. The number of benzene rings is 2. The lowest BCUT2D eigenvalue weighted by molar-refractivity contribution is -0.137. The first-order chi connectivity index (χ1) is 15.5. The zero-order chi connectivity index (χ0) is 23.8. The summed E-state index contributed by atoms with van der Waals surface area (Å²) in [6.45, 7) is 0.550. The van der Waals surface area contributed by atoms with Crippen LogP contribution in [0.15, 0.2) is 66.1 Å². The number of imidazole rings is 1. The van der Waals surface area contributed by atoms with Crippen LogP contribution in [0.3, 0.4) is 0 Å². The molecule has 0 spiro atoms. The van der Waals surface area contributed by atoms with Crippen LogP contribution in [0.5, 0.6) is 0 Å². The largest absolute Gasteiger partial charge is 0.416 e. The third-order valence-corrected chi connectivity index (χ3v) is 7.44. The Hall–Kier alpha value is -2.76. The van der Waals surface area contributed by atoms with E-state index in [0.29, 0.717) is 5.56 Å². The lowest BCUT2D eigenvalue weighted by atomic mass is 9.94. The minimum atomic E-state index is -4.41. The van der Waals surface area contributed by atoms with E-state index in [1.54, 1.807) is 23.7 Å². The zero-order valence-electron chi connectivity index (χ0n) is 17.6. The third kappa shape index (κ3) is 5.10. The van der Waals surface area contributed by atoms with Crippen molar-refractivity contribution in [3.8, 4) is 0 Å². The van der Waals surface area contributed by atoms with E-state index in [0.717, 1.165) is 17.7 Å². The molecular formula is C22H22F4N4O2S. The first-order valence-corrected chi connectivity index (χ1v) is 11.6. The Balaban J connectivity index is 1.55. The average molecular weight is 483 g/mol. The monoisotopic (exact) mass is 482 g/mol. The summed E-state index contributed by atoms with van der Waals surface area (Å²) >= 11 is 0. The van der Waals surface area contributed by atoms with Gasteiger partial charge in [-0.3, -0.25) is 0 Å². The second-order valence-electron chi connectivity index (χ2n) is 8.04. The van der Waals surface area contributed by atoms with E-state index >= 15 is 0 Å². The van der Waals surface area contributed by atoms with Gasteiger partial charge in [0.2, 0.25) is 0 Å². The van der Waals surface area contributed by atoms with Crippen molar-refractivity contribution in [2.24, 2.45) is 7.05 Å². The number of hydrogen-bond donors (Lipinski definition) is 1. The van der Waals surface area contributed by atoms with E-state index < -0.39 is 27.6 Å². The Bertz CT molecular complexity index is 1210. The summed E-state index contributed by atoms with van der Waals surface area (Å²) in [7, 11) is -2.17. The maximum Gasteiger partial charge on any atom is 0.416 e. The summed E-state index contributed by atoms with van der Waals surface area (Å²) in [5.41, 5.74) is 0.663. The summed E-state index contributed by atoms with van der Waals surface area (Å²) < 4.78 is 80.9. The molecule has 1 aliphatic rings. The van der Waals surface area contributed by atoms with Crippen molar-refractivity contribution in [3.05, 3.63) is 83.6 Å². The number of rotatable bonds is 6. The molecule has 0 radical (unpaired) electrons. The number of aryl methyl sites for hydroxylation is 1. The molecule has 2 atom stereocenters. The van der Waals surface area contributed by atoms with Crippen LogP contribution >= 0.6 is 0 Å². The number of alkyl halides is 3. The van der Waals surface area contributed by atoms with E-state index in [2.05, 4.69) is 10.3 Å². The fraction of sp³-hybridized carbons (Fsp3) is 0.318. The number of sulfonamides is 1. The van der Waals surface area contributed by atoms with Crippen LogP contribution in [0.25, 0.3) is 0 Å². The second-order valence-corrected chi connectivity index (χ2v) is 9.92. The SMILES string of the molecule is Cn1cnc(S(=O)(=O)N2CC(NCc3ccc(C(F)(F)F)cc3)C(c3ccc(F)cc3)C2)c1. The quantitative estimate of drug-likeness (QED) is 0.546. The summed E-state index contributed by atoms with van der Waals surface area (Å²) in [5.74, 6) is -0.678. The van der Waals surface area contributed by atoms with Gasteiger partial charge >= 0.3 is 6.18 Å². The smallest absolute Gasteiger partial charge is 0.339 e. The van der Waals surface area contributed by atoms with Gasteiger partial charge in [-0.1, -0.05) is 24.3 Å². The van der Waals surface area contributed by atoms with Crippen molar-refractivity contribution < 1.29 is 26.0 Å². The van der Waals surface area contributed by atoms with Crippen LogP contribution in [0.4, 0.5) is 17.6 Å². The molecule has 1 aromatic heterocycles.